The molecule has 0 atom stereocenters. The Morgan fingerprint density at radius 3 is 3.00 bits per heavy atom. The standard InChI is InChI=1S/C5H5NS.BrH/c1-2-6-3-5-7-4-1;/h1-5H;1H. The highest BCUT2D eigenvalue weighted by Gasteiger charge is 1.71. The summed E-state index contributed by atoms with van der Waals surface area (Å²) in [5.41, 5.74) is 0. The van der Waals surface area contributed by atoms with Gasteiger partial charge in [-0.3, -0.25) is 4.99 Å². The molecule has 0 aliphatic carbocycles. The van der Waals surface area contributed by atoms with Crippen LogP contribution in [0, 0.1) is 0 Å². The van der Waals surface area contributed by atoms with E-state index in [4.69, 9.17) is 0 Å². The average molecular weight is 192 g/mol. The lowest BCUT2D eigenvalue weighted by atomic mass is 10.7. The van der Waals surface area contributed by atoms with Crippen molar-refractivity contribution in [2.45, 2.75) is 0 Å². The van der Waals surface area contributed by atoms with Crippen LogP contribution >= 0.6 is 28.7 Å². The molecule has 0 radical (unpaired) electrons. The monoisotopic (exact) mass is 191 g/mol. The number of rotatable bonds is 0. The fourth-order valence-corrected chi connectivity index (χ4v) is 0.688. The minimum absolute atomic E-state index is 0. The fraction of sp³-hybridized carbons (Fsp3) is 0. The second kappa shape index (κ2) is 5.12. The Hall–Kier alpha value is -0.0200. The van der Waals surface area contributed by atoms with Gasteiger partial charge in [-0.2, -0.15) is 0 Å². The first-order valence-corrected chi connectivity index (χ1v) is 2.93. The molecule has 0 unspecified atom stereocenters. The maximum absolute atomic E-state index is 3.86. The summed E-state index contributed by atoms with van der Waals surface area (Å²) < 4.78 is 0. The van der Waals surface area contributed by atoms with Gasteiger partial charge in [-0.1, -0.05) is 0 Å². The van der Waals surface area contributed by atoms with Gasteiger partial charge in [-0.25, -0.2) is 0 Å². The Morgan fingerprint density at radius 1 is 1.25 bits per heavy atom. The minimum atomic E-state index is 0. The molecular formula is C5H6BrNS. The zero-order valence-electron chi connectivity index (χ0n) is 4.15. The molecule has 0 saturated carbocycles. The van der Waals surface area contributed by atoms with Crippen molar-refractivity contribution in [1.82, 2.24) is 0 Å². The molecule has 1 heterocycles. The van der Waals surface area contributed by atoms with Crippen molar-refractivity contribution in [3.05, 3.63) is 23.1 Å². The molecule has 0 N–H and O–H groups in total. The predicted molar refractivity (Wildman–Crippen MR) is 44.7 cm³/mol. The highest BCUT2D eigenvalue weighted by molar-refractivity contribution is 8.93. The maximum Gasteiger partial charge on any atom is 0.0334 e. The third kappa shape index (κ3) is 3.04. The zero-order valence-corrected chi connectivity index (χ0v) is 6.68. The van der Waals surface area contributed by atoms with E-state index in [-0.39, 0.29) is 17.0 Å². The molecule has 1 nitrogen and oxygen atoms in total. The van der Waals surface area contributed by atoms with Gasteiger partial charge in [0.05, 0.1) is 0 Å². The molecule has 0 spiro atoms. The molecule has 0 bridgehead atoms. The van der Waals surface area contributed by atoms with E-state index in [1.54, 1.807) is 24.2 Å². The maximum atomic E-state index is 3.86. The van der Waals surface area contributed by atoms with E-state index in [0.717, 1.165) is 0 Å². The second-order valence-corrected chi connectivity index (χ2v) is 1.86. The van der Waals surface area contributed by atoms with Gasteiger partial charge in [0.2, 0.25) is 0 Å². The Bertz CT molecular complexity index is 114. The normalized spacial score (nSPS) is 15.0. The summed E-state index contributed by atoms with van der Waals surface area (Å²) in [6.07, 6.45) is 5.44. The summed E-state index contributed by atoms with van der Waals surface area (Å²) in [6.45, 7) is 0. The number of hydrogen-bond donors (Lipinski definition) is 0. The quantitative estimate of drug-likeness (QED) is 0.573. The van der Waals surface area contributed by atoms with Crippen LogP contribution in [-0.4, -0.2) is 6.21 Å². The van der Waals surface area contributed by atoms with Crippen LogP contribution in [0.4, 0.5) is 0 Å². The Morgan fingerprint density at radius 2 is 2.12 bits per heavy atom. The third-order valence-corrected chi connectivity index (χ3v) is 1.15. The SMILES string of the molecule is Br.C1=CSC=CN=C1. The van der Waals surface area contributed by atoms with E-state index in [0.29, 0.717) is 0 Å². The van der Waals surface area contributed by atoms with E-state index < -0.39 is 0 Å². The smallest absolute Gasteiger partial charge is 0.0334 e. The second-order valence-electron chi connectivity index (χ2n) is 1.05. The lowest BCUT2D eigenvalue weighted by Gasteiger charge is -1.68. The van der Waals surface area contributed by atoms with Gasteiger partial charge in [0.15, 0.2) is 0 Å². The fourth-order valence-electron chi connectivity index (χ4n) is 0.296. The number of halogens is 1. The first-order chi connectivity index (χ1) is 3.50. The van der Waals surface area contributed by atoms with Crippen LogP contribution in [0.1, 0.15) is 0 Å². The van der Waals surface area contributed by atoms with E-state index >= 15 is 0 Å². The van der Waals surface area contributed by atoms with Crippen molar-refractivity contribution < 1.29 is 0 Å². The Balaban J connectivity index is 0.000000490. The predicted octanol–water partition coefficient (Wildman–Crippen LogP) is 2.37. The number of hydrogen-bond acceptors (Lipinski definition) is 2. The molecule has 0 fully saturated rings. The van der Waals surface area contributed by atoms with Gasteiger partial charge in [0.1, 0.15) is 0 Å². The van der Waals surface area contributed by atoms with Gasteiger partial charge in [-0.15, -0.1) is 28.7 Å². The molecule has 1 aliphatic heterocycles. The summed E-state index contributed by atoms with van der Waals surface area (Å²) in [5, 5.41) is 3.91. The molecule has 0 amide bonds. The van der Waals surface area contributed by atoms with Gasteiger partial charge in [-0.05, 0) is 16.9 Å². The van der Waals surface area contributed by atoms with Crippen LogP contribution in [0.5, 0.6) is 0 Å². The number of allylic oxidation sites excluding steroid dienone is 1. The average Bonchev–Trinajstić information content (AvgIpc) is 1.90. The summed E-state index contributed by atoms with van der Waals surface area (Å²) >= 11 is 1.63. The molecule has 1 aliphatic rings. The summed E-state index contributed by atoms with van der Waals surface area (Å²) in [6, 6.07) is 0. The summed E-state index contributed by atoms with van der Waals surface area (Å²) in [4.78, 5) is 3.86. The summed E-state index contributed by atoms with van der Waals surface area (Å²) in [7, 11) is 0. The van der Waals surface area contributed by atoms with Crippen molar-refractivity contribution >= 4 is 35.0 Å². The molecule has 44 valence electrons. The van der Waals surface area contributed by atoms with E-state index in [1.807, 2.05) is 16.9 Å². The third-order valence-electron chi connectivity index (χ3n) is 0.555. The lowest BCUT2D eigenvalue weighted by molar-refractivity contribution is 1.63. The highest BCUT2D eigenvalue weighted by Crippen LogP contribution is 2.04. The van der Waals surface area contributed by atoms with Gasteiger partial charge < -0.3 is 0 Å². The van der Waals surface area contributed by atoms with Crippen molar-refractivity contribution in [3.63, 3.8) is 0 Å². The first-order valence-electron chi connectivity index (χ1n) is 1.99. The Labute approximate surface area is 63.3 Å². The Kier molecular flexibility index (Phi) is 5.11. The number of aliphatic imine (C=N–C) groups is 1. The molecule has 3 heteroatoms. The molecular weight excluding hydrogens is 186 g/mol. The van der Waals surface area contributed by atoms with Crippen LogP contribution in [0.2, 0.25) is 0 Å². The largest absolute Gasteiger partial charge is 0.264 e. The topological polar surface area (TPSA) is 12.4 Å². The van der Waals surface area contributed by atoms with Crippen LogP contribution in [0.3, 0.4) is 0 Å². The molecule has 0 aromatic heterocycles. The van der Waals surface area contributed by atoms with Crippen LogP contribution in [0.15, 0.2) is 28.1 Å². The van der Waals surface area contributed by atoms with Crippen LogP contribution in [-0.2, 0) is 0 Å². The van der Waals surface area contributed by atoms with Gasteiger partial charge in [0, 0.05) is 12.4 Å². The molecule has 0 aromatic carbocycles. The van der Waals surface area contributed by atoms with E-state index in [1.165, 1.54) is 0 Å². The lowest BCUT2D eigenvalue weighted by Crippen LogP contribution is -1.52. The van der Waals surface area contributed by atoms with Crippen LogP contribution in [0.25, 0.3) is 0 Å². The summed E-state index contributed by atoms with van der Waals surface area (Å²) in [5.74, 6) is 0. The first kappa shape index (κ1) is 7.98. The molecule has 8 heavy (non-hydrogen) atoms. The molecule has 0 saturated heterocycles. The highest BCUT2D eigenvalue weighted by atomic mass is 79.9. The number of nitrogens with zero attached hydrogens (tertiary/aromatic N) is 1. The van der Waals surface area contributed by atoms with E-state index in [9.17, 15) is 0 Å². The molecule has 1 rings (SSSR count). The number of thioether (sulfide) groups is 1. The minimum Gasteiger partial charge on any atom is -0.264 e. The van der Waals surface area contributed by atoms with Crippen molar-refractivity contribution in [2.75, 3.05) is 0 Å². The van der Waals surface area contributed by atoms with Crippen molar-refractivity contribution in [1.29, 1.82) is 0 Å². The zero-order chi connectivity index (χ0) is 4.95. The van der Waals surface area contributed by atoms with Crippen molar-refractivity contribution in [3.8, 4) is 0 Å². The van der Waals surface area contributed by atoms with Crippen molar-refractivity contribution in [2.24, 2.45) is 4.99 Å². The van der Waals surface area contributed by atoms with Gasteiger partial charge >= 0.3 is 0 Å². The molecule has 0 aromatic rings. The van der Waals surface area contributed by atoms with Crippen LogP contribution < -0.4 is 0 Å². The van der Waals surface area contributed by atoms with Gasteiger partial charge in [0.25, 0.3) is 0 Å². The van der Waals surface area contributed by atoms with E-state index in [2.05, 4.69) is 4.99 Å².